The first-order chi connectivity index (χ1) is 7.25. The third kappa shape index (κ3) is 1.18. The average molecular weight is 198 g/mol. The van der Waals surface area contributed by atoms with Crippen LogP contribution in [-0.4, -0.2) is 11.0 Å². The Morgan fingerprint density at radius 1 is 1.20 bits per heavy atom. The molecule has 1 atom stereocenters. The smallest absolute Gasteiger partial charge is 0.0505 e. The number of H-pyrrole nitrogens is 1. The summed E-state index contributed by atoms with van der Waals surface area (Å²) < 4.78 is 0. The van der Waals surface area contributed by atoms with Gasteiger partial charge in [0.25, 0.3) is 0 Å². The van der Waals surface area contributed by atoms with E-state index in [9.17, 15) is 0 Å². The standard InChI is InChI=1S/C13H14N2/c1-8-13(9(2)15-8)11-3-4-12-10(7-11)5-6-14-12/h3-8,14-15H,1-2H3. The molecule has 0 bridgehead atoms. The molecule has 1 aliphatic rings. The topological polar surface area (TPSA) is 27.8 Å². The number of hydrogen-bond donors (Lipinski definition) is 2. The number of fused-ring (bicyclic) bond motifs is 1. The zero-order valence-corrected chi connectivity index (χ0v) is 8.96. The molecule has 0 saturated heterocycles. The van der Waals surface area contributed by atoms with E-state index in [2.05, 4.69) is 48.4 Å². The summed E-state index contributed by atoms with van der Waals surface area (Å²) in [6, 6.07) is 9.19. The van der Waals surface area contributed by atoms with Crippen molar-refractivity contribution in [3.05, 3.63) is 41.7 Å². The lowest BCUT2D eigenvalue weighted by molar-refractivity contribution is 0.673. The Labute approximate surface area is 89.0 Å². The molecular formula is C13H14N2. The minimum atomic E-state index is 0.487. The first-order valence-corrected chi connectivity index (χ1v) is 5.30. The van der Waals surface area contributed by atoms with Gasteiger partial charge in [0.15, 0.2) is 0 Å². The summed E-state index contributed by atoms with van der Waals surface area (Å²) in [5.74, 6) is 0. The number of hydrogen-bond acceptors (Lipinski definition) is 1. The molecular weight excluding hydrogens is 184 g/mol. The molecule has 3 rings (SSSR count). The molecule has 0 radical (unpaired) electrons. The van der Waals surface area contributed by atoms with Gasteiger partial charge >= 0.3 is 0 Å². The first-order valence-electron chi connectivity index (χ1n) is 5.30. The highest BCUT2D eigenvalue weighted by Gasteiger charge is 2.22. The van der Waals surface area contributed by atoms with Crippen LogP contribution in [0.1, 0.15) is 19.4 Å². The van der Waals surface area contributed by atoms with Gasteiger partial charge in [0, 0.05) is 17.4 Å². The fraction of sp³-hybridized carbons (Fsp3) is 0.231. The summed E-state index contributed by atoms with van der Waals surface area (Å²) >= 11 is 0. The average Bonchev–Trinajstić information content (AvgIpc) is 2.64. The maximum atomic E-state index is 3.37. The van der Waals surface area contributed by atoms with Gasteiger partial charge in [-0.05, 0) is 48.6 Å². The molecule has 0 spiro atoms. The lowest BCUT2D eigenvalue weighted by Crippen LogP contribution is -2.37. The molecule has 0 saturated carbocycles. The number of allylic oxidation sites excluding steroid dienone is 1. The summed E-state index contributed by atoms with van der Waals surface area (Å²) in [6.45, 7) is 4.33. The fourth-order valence-electron chi connectivity index (χ4n) is 2.41. The Balaban J connectivity index is 2.16. The van der Waals surface area contributed by atoms with Crippen LogP contribution in [0.4, 0.5) is 0 Å². The van der Waals surface area contributed by atoms with Crippen molar-refractivity contribution in [2.45, 2.75) is 19.9 Å². The van der Waals surface area contributed by atoms with Crippen molar-refractivity contribution in [2.75, 3.05) is 0 Å². The second-order valence-electron chi connectivity index (χ2n) is 4.18. The number of nitrogens with one attached hydrogen (secondary N) is 2. The van der Waals surface area contributed by atoms with E-state index in [1.165, 1.54) is 27.7 Å². The van der Waals surface area contributed by atoms with E-state index in [0.29, 0.717) is 6.04 Å². The normalized spacial score (nSPS) is 20.3. The van der Waals surface area contributed by atoms with E-state index in [4.69, 9.17) is 0 Å². The van der Waals surface area contributed by atoms with Crippen molar-refractivity contribution >= 4 is 16.5 Å². The maximum absolute atomic E-state index is 3.37. The van der Waals surface area contributed by atoms with Crippen LogP contribution in [0.3, 0.4) is 0 Å². The molecule has 0 amide bonds. The molecule has 1 aliphatic heterocycles. The highest BCUT2D eigenvalue weighted by Crippen LogP contribution is 2.30. The molecule has 2 N–H and O–H groups in total. The maximum Gasteiger partial charge on any atom is 0.0505 e. The molecule has 0 fully saturated rings. The van der Waals surface area contributed by atoms with Crippen molar-refractivity contribution in [1.82, 2.24) is 10.3 Å². The Bertz CT molecular complexity index is 548. The minimum Gasteiger partial charge on any atom is -0.382 e. The van der Waals surface area contributed by atoms with Gasteiger partial charge in [0.2, 0.25) is 0 Å². The van der Waals surface area contributed by atoms with Gasteiger partial charge < -0.3 is 10.3 Å². The van der Waals surface area contributed by atoms with Crippen molar-refractivity contribution in [3.8, 4) is 0 Å². The first kappa shape index (κ1) is 8.60. The number of aromatic nitrogens is 1. The zero-order chi connectivity index (χ0) is 10.4. The number of benzene rings is 1. The minimum absolute atomic E-state index is 0.487. The molecule has 0 aliphatic carbocycles. The number of rotatable bonds is 1. The number of aromatic amines is 1. The molecule has 1 unspecified atom stereocenters. The van der Waals surface area contributed by atoms with E-state index in [-0.39, 0.29) is 0 Å². The SMILES string of the molecule is CC1=C(c2ccc3[nH]ccc3c2)C(C)N1. The molecule has 2 nitrogen and oxygen atoms in total. The predicted molar refractivity (Wildman–Crippen MR) is 63.5 cm³/mol. The van der Waals surface area contributed by atoms with Crippen molar-refractivity contribution < 1.29 is 0 Å². The van der Waals surface area contributed by atoms with Gasteiger partial charge in [-0.2, -0.15) is 0 Å². The van der Waals surface area contributed by atoms with E-state index < -0.39 is 0 Å². The fourth-order valence-corrected chi connectivity index (χ4v) is 2.41. The van der Waals surface area contributed by atoms with Crippen LogP contribution in [0.2, 0.25) is 0 Å². The summed E-state index contributed by atoms with van der Waals surface area (Å²) in [6.07, 6.45) is 1.98. The van der Waals surface area contributed by atoms with E-state index in [1.54, 1.807) is 0 Å². The quantitative estimate of drug-likeness (QED) is 0.724. The van der Waals surface area contributed by atoms with Crippen LogP contribution in [0.5, 0.6) is 0 Å². The molecule has 76 valence electrons. The molecule has 2 aromatic rings. The van der Waals surface area contributed by atoms with Crippen LogP contribution in [0.25, 0.3) is 16.5 Å². The Kier molecular flexibility index (Phi) is 1.66. The van der Waals surface area contributed by atoms with Crippen molar-refractivity contribution in [1.29, 1.82) is 0 Å². The predicted octanol–water partition coefficient (Wildman–Crippen LogP) is 2.89. The summed E-state index contributed by atoms with van der Waals surface area (Å²) in [7, 11) is 0. The van der Waals surface area contributed by atoms with E-state index in [1.807, 2.05) is 6.20 Å². The summed E-state index contributed by atoms with van der Waals surface area (Å²) in [5, 5.41) is 4.65. The molecule has 2 heterocycles. The lowest BCUT2D eigenvalue weighted by atomic mass is 9.91. The lowest BCUT2D eigenvalue weighted by Gasteiger charge is -2.32. The Hall–Kier alpha value is -1.70. The van der Waals surface area contributed by atoms with Crippen molar-refractivity contribution in [2.24, 2.45) is 0 Å². The Morgan fingerprint density at radius 2 is 2.07 bits per heavy atom. The largest absolute Gasteiger partial charge is 0.382 e. The van der Waals surface area contributed by atoms with Gasteiger partial charge in [-0.25, -0.2) is 0 Å². The highest BCUT2D eigenvalue weighted by atomic mass is 15.0. The molecule has 1 aromatic heterocycles. The van der Waals surface area contributed by atoms with Crippen molar-refractivity contribution in [3.63, 3.8) is 0 Å². The van der Waals surface area contributed by atoms with Crippen LogP contribution in [0, 0.1) is 0 Å². The van der Waals surface area contributed by atoms with Gasteiger partial charge in [0.05, 0.1) is 6.04 Å². The monoisotopic (exact) mass is 198 g/mol. The molecule has 15 heavy (non-hydrogen) atoms. The summed E-state index contributed by atoms with van der Waals surface area (Å²) in [4.78, 5) is 3.21. The molecule has 2 heteroatoms. The second kappa shape index (κ2) is 2.89. The van der Waals surface area contributed by atoms with Crippen LogP contribution in [0.15, 0.2) is 36.2 Å². The van der Waals surface area contributed by atoms with E-state index in [0.717, 1.165) is 0 Å². The van der Waals surface area contributed by atoms with Gasteiger partial charge in [-0.3, -0.25) is 0 Å². The van der Waals surface area contributed by atoms with Crippen LogP contribution in [-0.2, 0) is 0 Å². The van der Waals surface area contributed by atoms with E-state index >= 15 is 0 Å². The van der Waals surface area contributed by atoms with Gasteiger partial charge in [-0.1, -0.05) is 6.07 Å². The molecule has 1 aromatic carbocycles. The van der Waals surface area contributed by atoms with Crippen LogP contribution < -0.4 is 5.32 Å². The summed E-state index contributed by atoms with van der Waals surface area (Å²) in [5.41, 5.74) is 5.29. The Morgan fingerprint density at radius 3 is 2.80 bits per heavy atom. The third-order valence-corrected chi connectivity index (χ3v) is 3.13. The second-order valence-corrected chi connectivity index (χ2v) is 4.18. The highest BCUT2D eigenvalue weighted by molar-refractivity contribution is 5.86. The third-order valence-electron chi connectivity index (χ3n) is 3.13. The zero-order valence-electron chi connectivity index (χ0n) is 8.96. The van der Waals surface area contributed by atoms with Crippen LogP contribution >= 0.6 is 0 Å². The van der Waals surface area contributed by atoms with Gasteiger partial charge in [0.1, 0.15) is 0 Å². The van der Waals surface area contributed by atoms with Gasteiger partial charge in [-0.15, -0.1) is 0 Å².